The van der Waals surface area contributed by atoms with Crippen LogP contribution in [0.3, 0.4) is 0 Å². The van der Waals surface area contributed by atoms with Gasteiger partial charge in [-0.25, -0.2) is 0 Å². The minimum absolute atomic E-state index is 0.00373. The maximum atomic E-state index is 10.1. The second kappa shape index (κ2) is 5.18. The molecule has 1 rings (SSSR count). The zero-order valence-corrected chi connectivity index (χ0v) is 9.95. The van der Waals surface area contributed by atoms with Crippen LogP contribution in [-0.4, -0.2) is 23.9 Å². The van der Waals surface area contributed by atoms with Gasteiger partial charge in [-0.2, -0.15) is 0 Å². The van der Waals surface area contributed by atoms with Gasteiger partial charge in [0.1, 0.15) is 0 Å². The van der Waals surface area contributed by atoms with Crippen LogP contribution in [0.4, 0.5) is 0 Å². The first-order valence-electron chi connectivity index (χ1n) is 5.26. The number of aryl methyl sites for hydroxylation is 2. The van der Waals surface area contributed by atoms with Gasteiger partial charge in [-0.3, -0.25) is 0 Å². The van der Waals surface area contributed by atoms with Gasteiger partial charge in [0.15, 0.2) is 11.5 Å². The third-order valence-corrected chi connectivity index (χ3v) is 2.70. The molecule has 1 unspecified atom stereocenters. The highest BCUT2D eigenvalue weighted by Crippen LogP contribution is 2.38. The van der Waals surface area contributed by atoms with E-state index in [-0.39, 0.29) is 18.4 Å². The van der Waals surface area contributed by atoms with E-state index in [0.717, 1.165) is 11.1 Å². The molecule has 0 amide bonds. The molecule has 0 fully saturated rings. The number of hydrogen-bond donors (Lipinski definition) is 3. The Labute approximate surface area is 95.7 Å². The Bertz CT molecular complexity index is 377. The maximum absolute atomic E-state index is 10.1. The Morgan fingerprint density at radius 2 is 2.00 bits per heavy atom. The normalized spacial score (nSPS) is 12.6. The predicted molar refractivity (Wildman–Crippen MR) is 62.8 cm³/mol. The molecule has 0 bridgehead atoms. The third-order valence-electron chi connectivity index (χ3n) is 2.70. The largest absolute Gasteiger partial charge is 0.504 e. The number of methoxy groups -OCH3 is 1. The molecule has 0 aromatic heterocycles. The molecule has 1 atom stereocenters. The Kier molecular flexibility index (Phi) is 4.15. The molecule has 4 heteroatoms. The second-order valence-corrected chi connectivity index (χ2v) is 3.92. The standard InChI is InChI=1S/C12H19NO3/c1-7-6-8(2)12(16-3)11(15)10(7)9(13)4-5-14/h6,9,14-15H,4-5,13H2,1-3H3. The molecule has 0 saturated carbocycles. The molecule has 1 aromatic rings. The van der Waals surface area contributed by atoms with Crippen LogP contribution in [0.25, 0.3) is 0 Å². The summed E-state index contributed by atoms with van der Waals surface area (Å²) >= 11 is 0. The number of rotatable bonds is 4. The fraction of sp³-hybridized carbons (Fsp3) is 0.500. The first-order valence-corrected chi connectivity index (χ1v) is 5.26. The number of benzene rings is 1. The van der Waals surface area contributed by atoms with Crippen LogP contribution in [0, 0.1) is 13.8 Å². The highest BCUT2D eigenvalue weighted by molar-refractivity contribution is 5.55. The van der Waals surface area contributed by atoms with E-state index in [1.807, 2.05) is 19.9 Å². The van der Waals surface area contributed by atoms with Crippen molar-refractivity contribution in [3.8, 4) is 11.5 Å². The lowest BCUT2D eigenvalue weighted by Crippen LogP contribution is -2.14. The molecule has 0 heterocycles. The van der Waals surface area contributed by atoms with E-state index in [9.17, 15) is 5.11 Å². The number of phenolic OH excluding ortho intramolecular Hbond substituents is 1. The zero-order chi connectivity index (χ0) is 12.3. The second-order valence-electron chi connectivity index (χ2n) is 3.92. The van der Waals surface area contributed by atoms with E-state index in [2.05, 4.69) is 0 Å². The van der Waals surface area contributed by atoms with E-state index < -0.39 is 0 Å². The maximum Gasteiger partial charge on any atom is 0.163 e. The molecule has 4 nitrogen and oxygen atoms in total. The quantitative estimate of drug-likeness (QED) is 0.724. The number of aromatic hydroxyl groups is 1. The summed E-state index contributed by atoms with van der Waals surface area (Å²) in [5, 5.41) is 18.9. The average Bonchev–Trinajstić information content (AvgIpc) is 2.17. The fourth-order valence-electron chi connectivity index (χ4n) is 1.97. The van der Waals surface area contributed by atoms with Crippen LogP contribution in [0.5, 0.6) is 11.5 Å². The SMILES string of the molecule is COc1c(C)cc(C)c(C(N)CCO)c1O. The molecule has 4 N–H and O–H groups in total. The van der Waals surface area contributed by atoms with E-state index >= 15 is 0 Å². The lowest BCUT2D eigenvalue weighted by atomic mass is 9.96. The first-order chi connectivity index (χ1) is 7.52. The molecule has 0 aliphatic carbocycles. The van der Waals surface area contributed by atoms with Gasteiger partial charge in [0.05, 0.1) is 7.11 Å². The molecule has 0 spiro atoms. The van der Waals surface area contributed by atoms with Crippen LogP contribution >= 0.6 is 0 Å². The Morgan fingerprint density at radius 3 is 2.50 bits per heavy atom. The highest BCUT2D eigenvalue weighted by Gasteiger charge is 2.19. The van der Waals surface area contributed by atoms with Gasteiger partial charge in [0.2, 0.25) is 0 Å². The van der Waals surface area contributed by atoms with Crippen molar-refractivity contribution in [3.05, 3.63) is 22.8 Å². The summed E-state index contributed by atoms with van der Waals surface area (Å²) in [5.41, 5.74) is 8.34. The van der Waals surface area contributed by atoms with E-state index in [4.69, 9.17) is 15.6 Å². The van der Waals surface area contributed by atoms with Gasteiger partial charge < -0.3 is 20.7 Å². The van der Waals surface area contributed by atoms with Crippen molar-refractivity contribution in [1.29, 1.82) is 0 Å². The number of nitrogens with two attached hydrogens (primary N) is 1. The van der Waals surface area contributed by atoms with Gasteiger partial charge in [-0.1, -0.05) is 6.07 Å². The molecule has 0 saturated heterocycles. The predicted octanol–water partition coefficient (Wildman–Crippen LogP) is 1.40. The van der Waals surface area contributed by atoms with Gasteiger partial charge in [-0.05, 0) is 31.4 Å². The van der Waals surface area contributed by atoms with E-state index in [0.29, 0.717) is 17.7 Å². The Hall–Kier alpha value is -1.26. The summed E-state index contributed by atoms with van der Waals surface area (Å²) in [6.45, 7) is 3.75. The number of ether oxygens (including phenoxy) is 1. The van der Waals surface area contributed by atoms with Gasteiger partial charge in [-0.15, -0.1) is 0 Å². The summed E-state index contributed by atoms with van der Waals surface area (Å²) in [7, 11) is 1.51. The van der Waals surface area contributed by atoms with E-state index in [1.54, 1.807) is 0 Å². The Balaban J connectivity index is 3.27. The Morgan fingerprint density at radius 1 is 1.38 bits per heavy atom. The van der Waals surface area contributed by atoms with Crippen molar-refractivity contribution in [2.45, 2.75) is 26.3 Å². The first kappa shape index (κ1) is 12.8. The van der Waals surface area contributed by atoms with Crippen molar-refractivity contribution in [3.63, 3.8) is 0 Å². The van der Waals surface area contributed by atoms with Gasteiger partial charge in [0.25, 0.3) is 0 Å². The molecule has 0 radical (unpaired) electrons. The van der Waals surface area contributed by atoms with Crippen LogP contribution in [0.1, 0.15) is 29.2 Å². The molecule has 0 aliphatic rings. The van der Waals surface area contributed by atoms with Gasteiger partial charge in [0, 0.05) is 18.2 Å². The summed E-state index contributed by atoms with van der Waals surface area (Å²) in [4.78, 5) is 0. The van der Waals surface area contributed by atoms with Crippen LogP contribution < -0.4 is 10.5 Å². The number of hydrogen-bond acceptors (Lipinski definition) is 4. The van der Waals surface area contributed by atoms with Gasteiger partial charge >= 0.3 is 0 Å². The molecule has 16 heavy (non-hydrogen) atoms. The summed E-state index contributed by atoms with van der Waals surface area (Å²) in [5.74, 6) is 0.537. The zero-order valence-electron chi connectivity index (χ0n) is 9.95. The van der Waals surface area contributed by atoms with Crippen LogP contribution in [-0.2, 0) is 0 Å². The van der Waals surface area contributed by atoms with E-state index in [1.165, 1.54) is 7.11 Å². The summed E-state index contributed by atoms with van der Waals surface area (Å²) < 4.78 is 5.13. The minimum Gasteiger partial charge on any atom is -0.504 e. The van der Waals surface area contributed by atoms with Crippen molar-refractivity contribution >= 4 is 0 Å². The fourth-order valence-corrected chi connectivity index (χ4v) is 1.97. The number of aliphatic hydroxyl groups is 1. The topological polar surface area (TPSA) is 75.7 Å². The van der Waals surface area contributed by atoms with Crippen molar-refractivity contribution in [1.82, 2.24) is 0 Å². The van der Waals surface area contributed by atoms with Crippen LogP contribution in [0.2, 0.25) is 0 Å². The molecule has 1 aromatic carbocycles. The average molecular weight is 225 g/mol. The van der Waals surface area contributed by atoms with Crippen molar-refractivity contribution in [2.75, 3.05) is 13.7 Å². The highest BCUT2D eigenvalue weighted by atomic mass is 16.5. The van der Waals surface area contributed by atoms with Crippen molar-refractivity contribution < 1.29 is 14.9 Å². The number of phenols is 1. The molecule has 90 valence electrons. The lowest BCUT2D eigenvalue weighted by Gasteiger charge is -2.19. The smallest absolute Gasteiger partial charge is 0.163 e. The monoisotopic (exact) mass is 225 g/mol. The third kappa shape index (κ3) is 2.28. The van der Waals surface area contributed by atoms with Crippen molar-refractivity contribution in [2.24, 2.45) is 5.73 Å². The minimum atomic E-state index is -0.375. The van der Waals surface area contributed by atoms with Crippen LogP contribution in [0.15, 0.2) is 6.07 Å². The number of aliphatic hydroxyl groups excluding tert-OH is 1. The molecular weight excluding hydrogens is 206 g/mol. The summed E-state index contributed by atoms with van der Waals surface area (Å²) in [6.07, 6.45) is 0.417. The lowest BCUT2D eigenvalue weighted by molar-refractivity contribution is 0.274. The summed E-state index contributed by atoms with van der Waals surface area (Å²) in [6, 6.07) is 1.55. The molecule has 0 aliphatic heterocycles. The molecular formula is C12H19NO3.